The zero-order valence-electron chi connectivity index (χ0n) is 24.5. The van der Waals surface area contributed by atoms with Gasteiger partial charge in [-0.3, -0.25) is 25.0 Å². The van der Waals surface area contributed by atoms with Gasteiger partial charge in [-0.2, -0.15) is 5.10 Å². The minimum Gasteiger partial charge on any atom is -0.267 e. The molecule has 0 unspecified atom stereocenters. The Bertz CT molecular complexity index is 2060. The van der Waals surface area contributed by atoms with Crippen molar-refractivity contribution in [2.75, 3.05) is 0 Å². The monoisotopic (exact) mass is 609 g/mol. The van der Waals surface area contributed by atoms with E-state index >= 15 is 0 Å². The summed E-state index contributed by atoms with van der Waals surface area (Å²) in [4.78, 5) is 41.3. The summed E-state index contributed by atoms with van der Waals surface area (Å²) in [5, 5.41) is 29.8. The Morgan fingerprint density at radius 2 is 1.48 bits per heavy atom. The first-order valence-corrected chi connectivity index (χ1v) is 14.9. The molecule has 226 valence electrons. The fourth-order valence-electron chi connectivity index (χ4n) is 6.42. The van der Waals surface area contributed by atoms with Gasteiger partial charge in [0.15, 0.2) is 0 Å². The van der Waals surface area contributed by atoms with E-state index in [0.717, 1.165) is 47.2 Å². The van der Waals surface area contributed by atoms with E-state index in [-0.39, 0.29) is 23.2 Å². The Kier molecular flexibility index (Phi) is 7.38. The molecule has 0 N–H and O–H groups in total. The minimum atomic E-state index is -0.490. The average molecular weight is 610 g/mol. The molecular weight excluding hydrogens is 582 g/mol. The number of rotatable bonds is 6. The van der Waals surface area contributed by atoms with Crippen molar-refractivity contribution in [1.82, 2.24) is 9.99 Å². The highest BCUT2D eigenvalue weighted by Crippen LogP contribution is 2.45. The highest BCUT2D eigenvalue weighted by atomic mass is 16.6. The molecule has 0 radical (unpaired) electrons. The van der Waals surface area contributed by atoms with Gasteiger partial charge in [-0.1, -0.05) is 60.7 Å². The number of carbonyl (C=O) groups is 1. The van der Waals surface area contributed by atoms with Crippen molar-refractivity contribution in [3.8, 4) is 11.3 Å². The van der Waals surface area contributed by atoms with Crippen LogP contribution in [0.3, 0.4) is 0 Å². The Hall–Kier alpha value is -6.03. The summed E-state index contributed by atoms with van der Waals surface area (Å²) in [7, 11) is 0. The summed E-state index contributed by atoms with van der Waals surface area (Å²) in [6.45, 7) is 0. The van der Waals surface area contributed by atoms with Crippen LogP contribution in [0.1, 0.15) is 46.8 Å². The van der Waals surface area contributed by atoms with Crippen LogP contribution in [0, 0.1) is 26.1 Å². The standard InChI is InChI=1S/C36H27N5O5/c42-36(31-22-33(24-7-2-1-3-8-24)37-32-12-5-4-10-29(31)32)39-35(25-15-19-28(20-16-25)41(45)46)30-11-6-9-26(34(30)38-39)21-23-13-17-27(18-14-23)40(43)44/h1-5,7-8,10,12-22,30,35H,6,9,11H2/b26-21+/t30-,35-/m0/s1. The molecule has 1 amide bonds. The Labute approximate surface area is 263 Å². The number of carbonyl (C=O) groups excluding carboxylic acids is 1. The molecule has 10 nitrogen and oxygen atoms in total. The van der Waals surface area contributed by atoms with Gasteiger partial charge in [0, 0.05) is 41.1 Å². The van der Waals surface area contributed by atoms with Crippen LogP contribution in [0.25, 0.3) is 28.2 Å². The number of pyridine rings is 1. The number of hydrogen-bond acceptors (Lipinski definition) is 7. The largest absolute Gasteiger partial charge is 0.275 e. The molecule has 2 atom stereocenters. The fourth-order valence-corrected chi connectivity index (χ4v) is 6.42. The lowest BCUT2D eigenvalue weighted by molar-refractivity contribution is -0.385. The first-order valence-electron chi connectivity index (χ1n) is 14.9. The van der Waals surface area contributed by atoms with Crippen molar-refractivity contribution in [3.63, 3.8) is 0 Å². The summed E-state index contributed by atoms with van der Waals surface area (Å²) >= 11 is 0. The summed E-state index contributed by atoms with van der Waals surface area (Å²) in [5.74, 6) is -0.444. The molecular formula is C36H27N5O5. The first-order chi connectivity index (χ1) is 22.4. The number of fused-ring (bicyclic) bond motifs is 2. The maximum absolute atomic E-state index is 14.7. The summed E-state index contributed by atoms with van der Waals surface area (Å²) in [5.41, 5.74) is 5.95. The van der Waals surface area contributed by atoms with Crippen molar-refractivity contribution in [2.45, 2.75) is 25.3 Å². The molecule has 10 heteroatoms. The Balaban J connectivity index is 1.35. The van der Waals surface area contributed by atoms with Crippen molar-refractivity contribution in [3.05, 3.63) is 152 Å². The van der Waals surface area contributed by atoms with Gasteiger partial charge in [-0.05, 0) is 66.3 Å². The van der Waals surface area contributed by atoms with Crippen LogP contribution >= 0.6 is 0 Å². The molecule has 0 bridgehead atoms. The first kappa shape index (κ1) is 28.7. The molecule has 1 aromatic heterocycles. The second-order valence-electron chi connectivity index (χ2n) is 11.4. The molecule has 1 aliphatic carbocycles. The number of benzene rings is 4. The lowest BCUT2D eigenvalue weighted by Gasteiger charge is -2.30. The van der Waals surface area contributed by atoms with Gasteiger partial charge in [0.05, 0.1) is 38.4 Å². The van der Waals surface area contributed by atoms with Crippen LogP contribution in [-0.4, -0.2) is 31.5 Å². The van der Waals surface area contributed by atoms with Crippen LogP contribution in [0.4, 0.5) is 11.4 Å². The molecule has 0 saturated heterocycles. The van der Waals surface area contributed by atoms with Gasteiger partial charge in [-0.15, -0.1) is 0 Å². The van der Waals surface area contributed by atoms with E-state index in [1.807, 2.05) is 66.7 Å². The normalized spacial score (nSPS) is 18.3. The molecule has 7 rings (SSSR count). The van der Waals surface area contributed by atoms with Crippen LogP contribution in [0.15, 0.2) is 120 Å². The molecule has 1 aliphatic heterocycles. The van der Waals surface area contributed by atoms with Crippen LogP contribution in [-0.2, 0) is 0 Å². The second kappa shape index (κ2) is 11.8. The predicted octanol–water partition coefficient (Wildman–Crippen LogP) is 8.16. The lowest BCUT2D eigenvalue weighted by Crippen LogP contribution is -2.32. The van der Waals surface area contributed by atoms with Gasteiger partial charge in [0.2, 0.25) is 0 Å². The SMILES string of the molecule is O=C(c1cc(-c2ccccc2)nc2ccccc12)N1N=C2/C(=C/c3ccc([N+](=O)[O-])cc3)CCC[C@@H]2[C@@H]1c1ccc([N+](=O)[O-])cc1. The topological polar surface area (TPSA) is 132 Å². The number of para-hydroxylation sites is 1. The highest BCUT2D eigenvalue weighted by Gasteiger charge is 2.44. The van der Waals surface area contributed by atoms with Gasteiger partial charge in [-0.25, -0.2) is 9.99 Å². The van der Waals surface area contributed by atoms with Crippen LogP contribution in [0.2, 0.25) is 0 Å². The maximum Gasteiger partial charge on any atom is 0.275 e. The smallest absolute Gasteiger partial charge is 0.267 e. The number of nitro groups is 2. The van der Waals surface area contributed by atoms with Crippen molar-refractivity contribution < 1.29 is 14.6 Å². The number of allylic oxidation sites excluding steroid dienone is 1. The molecule has 2 aliphatic rings. The lowest BCUT2D eigenvalue weighted by atomic mass is 9.77. The third kappa shape index (κ3) is 5.30. The number of nitro benzene ring substituents is 2. The molecule has 1 saturated carbocycles. The summed E-state index contributed by atoms with van der Waals surface area (Å²) in [6.07, 6.45) is 4.33. The van der Waals surface area contributed by atoms with E-state index in [9.17, 15) is 25.0 Å². The molecule has 1 fully saturated rings. The van der Waals surface area contributed by atoms with Gasteiger partial charge < -0.3 is 0 Å². The molecule has 0 spiro atoms. The molecule has 4 aromatic carbocycles. The van der Waals surface area contributed by atoms with Gasteiger partial charge in [0.1, 0.15) is 0 Å². The zero-order valence-corrected chi connectivity index (χ0v) is 24.5. The summed E-state index contributed by atoms with van der Waals surface area (Å²) < 4.78 is 0. The van der Waals surface area contributed by atoms with Crippen molar-refractivity contribution >= 4 is 40.0 Å². The highest BCUT2D eigenvalue weighted by molar-refractivity contribution is 6.12. The van der Waals surface area contributed by atoms with Gasteiger partial charge >= 0.3 is 0 Å². The zero-order chi connectivity index (χ0) is 31.8. The van der Waals surface area contributed by atoms with Gasteiger partial charge in [0.25, 0.3) is 17.3 Å². The van der Waals surface area contributed by atoms with Crippen LogP contribution < -0.4 is 0 Å². The Morgan fingerprint density at radius 1 is 0.826 bits per heavy atom. The molecule has 46 heavy (non-hydrogen) atoms. The number of amides is 1. The third-order valence-corrected chi connectivity index (χ3v) is 8.62. The predicted molar refractivity (Wildman–Crippen MR) is 175 cm³/mol. The van der Waals surface area contributed by atoms with E-state index in [1.165, 1.54) is 29.3 Å². The quantitative estimate of drug-likeness (QED) is 0.141. The fraction of sp³-hybridized carbons (Fsp3) is 0.139. The molecule has 5 aromatic rings. The van der Waals surface area contributed by atoms with E-state index in [4.69, 9.17) is 10.1 Å². The van der Waals surface area contributed by atoms with Crippen LogP contribution in [0.5, 0.6) is 0 Å². The van der Waals surface area contributed by atoms with E-state index in [2.05, 4.69) is 0 Å². The second-order valence-corrected chi connectivity index (χ2v) is 11.4. The Morgan fingerprint density at radius 3 is 2.17 bits per heavy atom. The van der Waals surface area contributed by atoms with Crippen molar-refractivity contribution in [2.24, 2.45) is 11.0 Å². The summed E-state index contributed by atoms with van der Waals surface area (Å²) in [6, 6.07) is 31.2. The number of hydrogen-bond donors (Lipinski definition) is 0. The number of nitrogens with zero attached hydrogens (tertiary/aromatic N) is 5. The average Bonchev–Trinajstić information content (AvgIpc) is 3.49. The minimum absolute atomic E-state index is 0.0105. The number of hydrazone groups is 1. The van der Waals surface area contributed by atoms with E-state index in [1.54, 1.807) is 24.3 Å². The van der Waals surface area contributed by atoms with E-state index in [0.29, 0.717) is 22.2 Å². The number of aromatic nitrogens is 1. The van der Waals surface area contributed by atoms with E-state index < -0.39 is 15.9 Å². The van der Waals surface area contributed by atoms with Crippen molar-refractivity contribution in [1.29, 1.82) is 0 Å². The number of non-ortho nitro benzene ring substituents is 2. The third-order valence-electron chi connectivity index (χ3n) is 8.62. The molecule has 2 heterocycles. The maximum atomic E-state index is 14.7.